The third-order valence-electron chi connectivity index (χ3n) is 17.9. The zero-order valence-corrected chi connectivity index (χ0v) is 45.2. The van der Waals surface area contributed by atoms with Crippen LogP contribution in [0, 0.1) is 0 Å². The monoisotopic (exact) mass is 1070 g/mol. The number of para-hydroxylation sites is 6. The highest BCUT2D eigenvalue weighted by atomic mass is 16.3. The van der Waals surface area contributed by atoms with Gasteiger partial charge in [0.05, 0.1) is 44.1 Å². The van der Waals surface area contributed by atoms with Gasteiger partial charge in [0.2, 0.25) is 0 Å². The number of nitrogens with zero attached hydrogens (tertiary/aromatic N) is 4. The van der Waals surface area contributed by atoms with Gasteiger partial charge in [-0.1, -0.05) is 176 Å². The molecule has 0 fully saturated rings. The summed E-state index contributed by atoms with van der Waals surface area (Å²) in [4.78, 5) is 0. The smallest absolute Gasteiger partial charge is 0.135 e. The van der Waals surface area contributed by atoms with E-state index in [0.717, 1.165) is 133 Å². The van der Waals surface area contributed by atoms with Crippen molar-refractivity contribution in [2.45, 2.75) is 0 Å². The number of rotatable bonds is 6. The SMILES string of the molecule is c1cc(-c2ccc3oc4ccccc4c3c2)cc(-n2c3ccccc3c3ccc4c5ccccc5n(-c5cccc(-n6c7ccccc7c7ccc8c9ccccc9n(-c9cccc(-c%10ccc%11oc%12ccccc%12c%11c%10)c9)c8c76)c5)c4c32)c1. The van der Waals surface area contributed by atoms with Crippen LogP contribution in [0.1, 0.15) is 0 Å². The molecule has 6 nitrogen and oxygen atoms in total. The molecule has 6 aromatic heterocycles. The second-order valence-corrected chi connectivity index (χ2v) is 22.4. The molecule has 84 heavy (non-hydrogen) atoms. The molecule has 0 radical (unpaired) electrons. The number of hydrogen-bond acceptors (Lipinski definition) is 2. The standard InChI is InChI=1S/C78H46N4O2/c1-7-28-67-55(22-1)61-36-38-63-57-24-3-9-30-69(57)81(77(63)75(61)79(67)51-18-13-16-47(42-51)49-34-40-73-65(44-49)59-26-5-11-32-71(59)83-73)53-20-15-21-54(46-53)82-70-31-10-4-25-58(70)64-39-37-62-56-23-2-8-29-68(56)80(76(62)78(64)82)52-19-14-17-48(43-52)50-35-41-74-66(45-50)60-27-6-12-33-72(60)84-74/h1-46H. The van der Waals surface area contributed by atoms with Gasteiger partial charge in [-0.05, 0) is 125 Å². The van der Waals surface area contributed by atoms with E-state index in [1.54, 1.807) is 0 Å². The Balaban J connectivity index is 0.843. The Kier molecular flexibility index (Phi) is 9.24. The molecule has 0 aliphatic heterocycles. The van der Waals surface area contributed by atoms with E-state index in [9.17, 15) is 0 Å². The molecule has 0 aliphatic rings. The summed E-state index contributed by atoms with van der Waals surface area (Å²) in [6, 6.07) is 102. The average molecular weight is 1070 g/mol. The lowest BCUT2D eigenvalue weighted by Gasteiger charge is -2.16. The Hall–Kier alpha value is -11.3. The van der Waals surface area contributed by atoms with E-state index >= 15 is 0 Å². The first kappa shape index (κ1) is 45.4. The number of aromatic nitrogens is 4. The van der Waals surface area contributed by atoms with Crippen molar-refractivity contribution in [2.75, 3.05) is 0 Å². The Morgan fingerprint density at radius 1 is 0.179 bits per heavy atom. The maximum absolute atomic E-state index is 6.27. The molecule has 0 atom stereocenters. The van der Waals surface area contributed by atoms with Gasteiger partial charge in [-0.2, -0.15) is 0 Å². The third kappa shape index (κ3) is 6.33. The lowest BCUT2D eigenvalue weighted by molar-refractivity contribution is 0.668. The first-order valence-electron chi connectivity index (χ1n) is 28.7. The van der Waals surface area contributed by atoms with E-state index in [2.05, 4.69) is 273 Å². The molecule has 19 rings (SSSR count). The van der Waals surface area contributed by atoms with Gasteiger partial charge in [0, 0.05) is 87.4 Å². The lowest BCUT2D eigenvalue weighted by Crippen LogP contribution is -2.02. The quantitative estimate of drug-likeness (QED) is 0.167. The molecule has 13 aromatic carbocycles. The van der Waals surface area contributed by atoms with Crippen molar-refractivity contribution < 1.29 is 8.83 Å². The summed E-state index contributed by atoms with van der Waals surface area (Å²) in [6.45, 7) is 0. The molecule has 19 aromatic rings. The van der Waals surface area contributed by atoms with Crippen molar-refractivity contribution in [1.82, 2.24) is 18.3 Å². The van der Waals surface area contributed by atoms with Crippen LogP contribution in [0.2, 0.25) is 0 Å². The molecule has 0 amide bonds. The van der Waals surface area contributed by atoms with Crippen molar-refractivity contribution in [2.24, 2.45) is 0 Å². The Bertz CT molecular complexity index is 5650. The second kappa shape index (κ2) is 17.1. The van der Waals surface area contributed by atoms with E-state index in [1.165, 1.54) is 43.1 Å². The fourth-order valence-electron chi connectivity index (χ4n) is 14.3. The number of benzene rings is 13. The predicted octanol–water partition coefficient (Wildman–Crippen LogP) is 21.2. The van der Waals surface area contributed by atoms with Crippen LogP contribution in [0.3, 0.4) is 0 Å². The number of hydrogen-bond donors (Lipinski definition) is 0. The van der Waals surface area contributed by atoms with Crippen molar-refractivity contribution in [3.63, 3.8) is 0 Å². The second-order valence-electron chi connectivity index (χ2n) is 22.4. The minimum Gasteiger partial charge on any atom is -0.456 e. The topological polar surface area (TPSA) is 46.0 Å². The summed E-state index contributed by atoms with van der Waals surface area (Å²) in [5.41, 5.74) is 21.7. The average Bonchev–Trinajstić information content (AvgIpc) is 2.22. The van der Waals surface area contributed by atoms with Gasteiger partial charge in [0.1, 0.15) is 22.3 Å². The summed E-state index contributed by atoms with van der Waals surface area (Å²) in [5.74, 6) is 0. The molecule has 0 aliphatic carbocycles. The van der Waals surface area contributed by atoms with Crippen LogP contribution in [-0.4, -0.2) is 18.3 Å². The summed E-state index contributed by atoms with van der Waals surface area (Å²) < 4.78 is 22.6. The molecule has 0 spiro atoms. The predicted molar refractivity (Wildman–Crippen MR) is 349 cm³/mol. The lowest BCUT2D eigenvalue weighted by atomic mass is 10.0. The minimum absolute atomic E-state index is 0.892. The minimum atomic E-state index is 0.892. The van der Waals surface area contributed by atoms with Gasteiger partial charge in [-0.3, -0.25) is 0 Å². The van der Waals surface area contributed by atoms with E-state index < -0.39 is 0 Å². The first-order chi connectivity index (χ1) is 41.7. The van der Waals surface area contributed by atoms with Crippen LogP contribution in [0.4, 0.5) is 0 Å². The van der Waals surface area contributed by atoms with E-state index in [1.807, 2.05) is 24.3 Å². The van der Waals surface area contributed by atoms with Crippen molar-refractivity contribution in [1.29, 1.82) is 0 Å². The Labute approximate surface area is 479 Å². The highest BCUT2D eigenvalue weighted by Gasteiger charge is 2.25. The maximum Gasteiger partial charge on any atom is 0.135 e. The Morgan fingerprint density at radius 2 is 0.464 bits per heavy atom. The van der Waals surface area contributed by atoms with Gasteiger partial charge >= 0.3 is 0 Å². The van der Waals surface area contributed by atoms with Gasteiger partial charge in [0.15, 0.2) is 0 Å². The molecular weight excluding hydrogens is 1020 g/mol. The van der Waals surface area contributed by atoms with Crippen molar-refractivity contribution in [3.8, 4) is 45.0 Å². The molecule has 0 bridgehead atoms. The molecule has 0 saturated heterocycles. The van der Waals surface area contributed by atoms with Gasteiger partial charge in [-0.15, -0.1) is 0 Å². The van der Waals surface area contributed by atoms with Crippen LogP contribution in [0.25, 0.3) is 176 Å². The van der Waals surface area contributed by atoms with Crippen LogP contribution < -0.4 is 0 Å². The van der Waals surface area contributed by atoms with Crippen LogP contribution in [-0.2, 0) is 0 Å². The normalized spacial score (nSPS) is 12.3. The Morgan fingerprint density at radius 3 is 0.833 bits per heavy atom. The first-order valence-corrected chi connectivity index (χ1v) is 28.7. The van der Waals surface area contributed by atoms with Gasteiger partial charge < -0.3 is 27.1 Å². The molecule has 6 heteroatoms. The van der Waals surface area contributed by atoms with Crippen molar-refractivity contribution in [3.05, 3.63) is 279 Å². The maximum atomic E-state index is 6.27. The van der Waals surface area contributed by atoms with Crippen LogP contribution in [0.15, 0.2) is 288 Å². The fraction of sp³-hybridized carbons (Fsp3) is 0. The molecule has 390 valence electrons. The van der Waals surface area contributed by atoms with Crippen LogP contribution in [0.5, 0.6) is 0 Å². The summed E-state index contributed by atoms with van der Waals surface area (Å²) >= 11 is 0. The van der Waals surface area contributed by atoms with E-state index in [-0.39, 0.29) is 0 Å². The van der Waals surface area contributed by atoms with Gasteiger partial charge in [-0.25, -0.2) is 0 Å². The molecule has 0 N–H and O–H groups in total. The van der Waals surface area contributed by atoms with E-state index in [4.69, 9.17) is 8.83 Å². The number of furan rings is 2. The van der Waals surface area contributed by atoms with Gasteiger partial charge in [0.25, 0.3) is 0 Å². The molecular formula is C78H46N4O2. The summed E-state index contributed by atoms with van der Waals surface area (Å²) in [7, 11) is 0. The third-order valence-corrected chi connectivity index (χ3v) is 17.9. The largest absolute Gasteiger partial charge is 0.456 e. The highest BCUT2D eigenvalue weighted by Crippen LogP contribution is 2.46. The fourth-order valence-corrected chi connectivity index (χ4v) is 14.3. The van der Waals surface area contributed by atoms with Crippen molar-refractivity contribution >= 4 is 131 Å². The molecule has 6 heterocycles. The highest BCUT2D eigenvalue weighted by molar-refractivity contribution is 6.26. The van der Waals surface area contributed by atoms with Crippen LogP contribution >= 0.6 is 0 Å². The summed E-state index contributed by atoms with van der Waals surface area (Å²) in [6.07, 6.45) is 0. The molecule has 0 saturated carbocycles. The molecule has 0 unspecified atom stereocenters. The number of fused-ring (bicyclic) bond motifs is 20. The zero-order chi connectivity index (χ0) is 54.7. The zero-order valence-electron chi connectivity index (χ0n) is 45.2. The summed E-state index contributed by atoms with van der Waals surface area (Å²) in [5, 5.41) is 14.1. The van der Waals surface area contributed by atoms with E-state index in [0.29, 0.717) is 0 Å².